The van der Waals surface area contributed by atoms with Gasteiger partial charge in [0, 0.05) is 49.6 Å². The number of methoxy groups -OCH3 is 1. The Balaban J connectivity index is 1.44. The van der Waals surface area contributed by atoms with E-state index in [1.807, 2.05) is 26.8 Å². The number of carbonyl (C=O) groups is 1. The van der Waals surface area contributed by atoms with Gasteiger partial charge in [0.25, 0.3) is 0 Å². The molecule has 5 rings (SSSR count). The van der Waals surface area contributed by atoms with E-state index in [-0.39, 0.29) is 29.4 Å². The molecule has 0 aliphatic carbocycles. The number of likely N-dealkylation sites (tertiary alicyclic amines) is 1. The Labute approximate surface area is 207 Å². The van der Waals surface area contributed by atoms with E-state index in [4.69, 9.17) is 14.5 Å². The number of nitro groups is 1. The predicted molar refractivity (Wildman–Crippen MR) is 132 cm³/mol. The molecule has 12 heteroatoms. The van der Waals surface area contributed by atoms with Crippen molar-refractivity contribution < 1.29 is 19.2 Å². The summed E-state index contributed by atoms with van der Waals surface area (Å²) in [6.07, 6.45) is 1.26. The van der Waals surface area contributed by atoms with Gasteiger partial charge in [0.05, 0.1) is 18.4 Å². The van der Waals surface area contributed by atoms with Gasteiger partial charge in [0.1, 0.15) is 16.8 Å². The number of nitrogens with zero attached hydrogens (tertiary/aromatic N) is 6. The second-order valence-electron chi connectivity index (χ2n) is 10.4. The Kier molecular flexibility index (Phi) is 5.68. The number of H-pyrrole nitrogens is 1. The van der Waals surface area contributed by atoms with E-state index in [1.54, 1.807) is 11.8 Å². The molecular formula is C24H29N7O5. The molecule has 2 aromatic heterocycles. The first-order valence-corrected chi connectivity index (χ1v) is 11.8. The van der Waals surface area contributed by atoms with E-state index in [0.29, 0.717) is 60.1 Å². The van der Waals surface area contributed by atoms with Gasteiger partial charge in [-0.1, -0.05) is 0 Å². The maximum Gasteiger partial charge on any atom is 0.410 e. The fraction of sp³-hybridized carbons (Fsp3) is 0.500. The lowest BCUT2D eigenvalue weighted by molar-refractivity contribution is -0.385. The number of fused-ring (bicyclic) bond motifs is 2. The minimum Gasteiger partial charge on any atom is -0.490 e. The molecule has 2 aliphatic heterocycles. The number of benzene rings is 1. The second-order valence-corrected chi connectivity index (χ2v) is 10.4. The average molecular weight is 496 g/mol. The Morgan fingerprint density at radius 1 is 1.17 bits per heavy atom. The van der Waals surface area contributed by atoms with Gasteiger partial charge >= 0.3 is 11.8 Å². The van der Waals surface area contributed by atoms with Crippen LogP contribution in [0.4, 0.5) is 16.4 Å². The summed E-state index contributed by atoms with van der Waals surface area (Å²) in [6.45, 7) is 9.99. The van der Waals surface area contributed by atoms with Gasteiger partial charge in [-0.05, 0) is 39.3 Å². The molecule has 4 heterocycles. The zero-order valence-corrected chi connectivity index (χ0v) is 20.9. The maximum absolute atomic E-state index is 12.5. The van der Waals surface area contributed by atoms with Gasteiger partial charge in [0.2, 0.25) is 5.95 Å². The number of nitro benzene ring substituents is 1. The number of hydrogen-bond acceptors (Lipinski definition) is 9. The first-order chi connectivity index (χ1) is 17.0. The van der Waals surface area contributed by atoms with Gasteiger partial charge in [-0.3, -0.25) is 10.1 Å². The lowest BCUT2D eigenvalue weighted by atomic mass is 10.0. The molecule has 0 spiro atoms. The molecule has 2 saturated heterocycles. The number of nitrogens with one attached hydrogen (secondary N) is 1. The Bertz CT molecular complexity index is 1330. The van der Waals surface area contributed by atoms with Crippen LogP contribution in [0.1, 0.15) is 26.3 Å². The third-order valence-corrected chi connectivity index (χ3v) is 6.62. The highest BCUT2D eigenvalue weighted by Gasteiger charge is 2.43. The van der Waals surface area contributed by atoms with Crippen LogP contribution in [-0.4, -0.2) is 74.7 Å². The molecule has 1 aromatic carbocycles. The van der Waals surface area contributed by atoms with Gasteiger partial charge in [0.15, 0.2) is 11.4 Å². The predicted octanol–water partition coefficient (Wildman–Crippen LogP) is 3.55. The van der Waals surface area contributed by atoms with E-state index in [2.05, 4.69) is 19.9 Å². The van der Waals surface area contributed by atoms with E-state index in [9.17, 15) is 14.9 Å². The van der Waals surface area contributed by atoms with Crippen molar-refractivity contribution in [2.45, 2.75) is 33.3 Å². The van der Waals surface area contributed by atoms with Crippen molar-refractivity contribution >= 4 is 28.9 Å². The van der Waals surface area contributed by atoms with Gasteiger partial charge in [-0.15, -0.1) is 0 Å². The van der Waals surface area contributed by atoms with Gasteiger partial charge in [-0.2, -0.15) is 4.98 Å². The standard InChI is InChI=1S/C24H29N7O5/c1-13-6-14(7-17(31(33)34)20(13)35-5)18-19-21(26-12-25-19)28-22(27-18)29-8-15-10-30(11-16(15)9-29)23(32)36-24(2,3)4/h6-7,12,15-16H,8-11H2,1-5H3,(H,25,26,27,28). The van der Waals surface area contributed by atoms with Crippen LogP contribution in [0.3, 0.4) is 0 Å². The summed E-state index contributed by atoms with van der Waals surface area (Å²) < 4.78 is 10.8. The summed E-state index contributed by atoms with van der Waals surface area (Å²) in [5, 5.41) is 11.7. The highest BCUT2D eigenvalue weighted by Crippen LogP contribution is 2.38. The van der Waals surface area contributed by atoms with Crippen LogP contribution >= 0.6 is 0 Å². The van der Waals surface area contributed by atoms with Crippen molar-refractivity contribution in [2.24, 2.45) is 11.8 Å². The monoisotopic (exact) mass is 495 g/mol. The maximum atomic E-state index is 12.5. The van der Waals surface area contributed by atoms with Gasteiger partial charge in [-0.25, -0.2) is 14.8 Å². The molecule has 190 valence electrons. The van der Waals surface area contributed by atoms with Crippen LogP contribution in [0.5, 0.6) is 5.75 Å². The van der Waals surface area contributed by atoms with Crippen LogP contribution in [0.2, 0.25) is 0 Å². The summed E-state index contributed by atoms with van der Waals surface area (Å²) in [6, 6.07) is 3.28. The molecule has 2 atom stereocenters. The SMILES string of the molecule is COc1c(C)cc(-c2nc(N3CC4CN(C(=O)OC(C)(C)C)CC4C3)nc3nc[nH]c23)cc1[N+](=O)[O-]. The minimum atomic E-state index is -0.529. The average Bonchev–Trinajstić information content (AvgIpc) is 3.51. The molecule has 0 bridgehead atoms. The molecule has 2 fully saturated rings. The third kappa shape index (κ3) is 4.27. The number of ether oxygens (including phenoxy) is 2. The molecule has 2 unspecified atom stereocenters. The molecule has 0 saturated carbocycles. The fourth-order valence-corrected chi connectivity index (χ4v) is 5.10. The number of aryl methyl sites for hydroxylation is 1. The Morgan fingerprint density at radius 2 is 1.86 bits per heavy atom. The summed E-state index contributed by atoms with van der Waals surface area (Å²) in [5.74, 6) is 1.30. The lowest BCUT2D eigenvalue weighted by Gasteiger charge is -2.26. The van der Waals surface area contributed by atoms with Crippen LogP contribution < -0.4 is 9.64 Å². The number of imidazole rings is 1. The first-order valence-electron chi connectivity index (χ1n) is 11.8. The topological polar surface area (TPSA) is 140 Å². The van der Waals surface area contributed by atoms with Crippen molar-refractivity contribution in [1.29, 1.82) is 0 Å². The summed E-state index contributed by atoms with van der Waals surface area (Å²) in [5.41, 5.74) is 2.18. The minimum absolute atomic E-state index is 0.127. The largest absolute Gasteiger partial charge is 0.490 e. The number of hydrogen-bond donors (Lipinski definition) is 1. The number of aromatic nitrogens is 4. The molecule has 1 amide bonds. The number of amides is 1. The quantitative estimate of drug-likeness (QED) is 0.425. The molecule has 0 radical (unpaired) electrons. The number of aromatic amines is 1. The first kappa shape index (κ1) is 23.8. The Morgan fingerprint density at radius 3 is 2.47 bits per heavy atom. The summed E-state index contributed by atoms with van der Waals surface area (Å²) >= 11 is 0. The van der Waals surface area contributed by atoms with Crippen molar-refractivity contribution in [3.63, 3.8) is 0 Å². The lowest BCUT2D eigenvalue weighted by Crippen LogP contribution is -2.37. The van der Waals surface area contributed by atoms with E-state index in [0.717, 1.165) is 0 Å². The van der Waals surface area contributed by atoms with E-state index < -0.39 is 10.5 Å². The van der Waals surface area contributed by atoms with Crippen molar-refractivity contribution in [3.8, 4) is 17.0 Å². The fourth-order valence-electron chi connectivity index (χ4n) is 5.10. The summed E-state index contributed by atoms with van der Waals surface area (Å²) in [4.78, 5) is 44.5. The Hall–Kier alpha value is -3.96. The van der Waals surface area contributed by atoms with Crippen LogP contribution in [0, 0.1) is 28.9 Å². The molecule has 36 heavy (non-hydrogen) atoms. The van der Waals surface area contributed by atoms with Crippen LogP contribution in [0.15, 0.2) is 18.5 Å². The van der Waals surface area contributed by atoms with Crippen molar-refractivity contribution in [1.82, 2.24) is 24.8 Å². The van der Waals surface area contributed by atoms with Crippen molar-refractivity contribution in [2.75, 3.05) is 38.2 Å². The number of anilines is 1. The third-order valence-electron chi connectivity index (χ3n) is 6.62. The zero-order valence-electron chi connectivity index (χ0n) is 20.9. The van der Waals surface area contributed by atoms with E-state index in [1.165, 1.54) is 19.5 Å². The zero-order chi connectivity index (χ0) is 25.8. The van der Waals surface area contributed by atoms with E-state index >= 15 is 0 Å². The number of carbonyl (C=O) groups excluding carboxylic acids is 1. The van der Waals surface area contributed by atoms with Gasteiger partial charge < -0.3 is 24.3 Å². The van der Waals surface area contributed by atoms with Crippen LogP contribution in [0.25, 0.3) is 22.4 Å². The molecular weight excluding hydrogens is 466 g/mol. The smallest absolute Gasteiger partial charge is 0.410 e. The number of rotatable bonds is 4. The highest BCUT2D eigenvalue weighted by molar-refractivity contribution is 5.89. The molecule has 12 nitrogen and oxygen atoms in total. The van der Waals surface area contributed by atoms with Crippen molar-refractivity contribution in [3.05, 3.63) is 34.1 Å². The molecule has 1 N–H and O–H groups in total. The highest BCUT2D eigenvalue weighted by atomic mass is 16.6. The molecule has 2 aliphatic rings. The second kappa shape index (κ2) is 8.61. The summed E-state index contributed by atoms with van der Waals surface area (Å²) in [7, 11) is 1.42. The normalized spacial score (nSPS) is 19.6. The van der Waals surface area contributed by atoms with Crippen LogP contribution in [-0.2, 0) is 4.74 Å². The molecule has 3 aromatic rings.